The molecule has 0 aliphatic carbocycles. The molecule has 9 heteroatoms. The summed E-state index contributed by atoms with van der Waals surface area (Å²) < 4.78 is 20.9. The summed E-state index contributed by atoms with van der Waals surface area (Å²) >= 11 is 0. The van der Waals surface area contributed by atoms with E-state index in [1.165, 1.54) is 23.1 Å². The van der Waals surface area contributed by atoms with Gasteiger partial charge in [0.15, 0.2) is 0 Å². The third kappa shape index (κ3) is 3.35. The Hall–Kier alpha value is -3.23. The van der Waals surface area contributed by atoms with Crippen LogP contribution in [0, 0.1) is 5.82 Å². The molecular weight excluding hydrogens is 365 g/mol. The topological polar surface area (TPSA) is 93.1 Å². The Labute approximate surface area is 159 Å². The summed E-state index contributed by atoms with van der Waals surface area (Å²) in [6.45, 7) is 3.50. The predicted octanol–water partition coefficient (Wildman–Crippen LogP) is 2.41. The van der Waals surface area contributed by atoms with Crippen molar-refractivity contribution in [1.82, 2.24) is 19.7 Å². The number of rotatable bonds is 4. The fourth-order valence-corrected chi connectivity index (χ4v) is 3.38. The zero-order chi connectivity index (χ0) is 19.7. The molecule has 146 valence electrons. The lowest BCUT2D eigenvalue weighted by Crippen LogP contribution is -2.30. The van der Waals surface area contributed by atoms with E-state index in [0.29, 0.717) is 11.1 Å². The van der Waals surface area contributed by atoms with Crippen LogP contribution in [0.15, 0.2) is 29.3 Å². The second-order valence-electron chi connectivity index (χ2n) is 6.65. The van der Waals surface area contributed by atoms with Crippen molar-refractivity contribution in [3.63, 3.8) is 0 Å². The van der Waals surface area contributed by atoms with Crippen molar-refractivity contribution in [2.24, 2.45) is 0 Å². The molecule has 1 aliphatic rings. The molecule has 1 N–H and O–H groups in total. The number of benzene rings is 1. The van der Waals surface area contributed by atoms with Gasteiger partial charge in [-0.25, -0.2) is 18.9 Å². The first-order valence-corrected chi connectivity index (χ1v) is 9.27. The van der Waals surface area contributed by atoms with Crippen molar-refractivity contribution in [1.29, 1.82) is 0 Å². The number of H-pyrrole nitrogens is 1. The number of aromatic amines is 1. The first-order valence-electron chi connectivity index (χ1n) is 9.27. The Morgan fingerprint density at radius 1 is 1.29 bits per heavy atom. The standard InChI is InChI=1S/C19H20FN5O3/c1-2-28-18(27)12-10-21-25(11-12)19-22-15-9-14(20)16(8-13(15)17(26)23-19)24-6-4-3-5-7-24/h8-11H,2-7H2,1H3,(H,22,23,26). The summed E-state index contributed by atoms with van der Waals surface area (Å²) in [7, 11) is 0. The van der Waals surface area contributed by atoms with Crippen molar-refractivity contribution in [3.05, 3.63) is 46.3 Å². The SMILES string of the molecule is CCOC(=O)c1cnn(-c2nc3cc(F)c(N4CCCCC4)cc3c(=O)[nH]2)c1. The van der Waals surface area contributed by atoms with Crippen molar-refractivity contribution < 1.29 is 13.9 Å². The van der Waals surface area contributed by atoms with E-state index in [-0.39, 0.29) is 23.6 Å². The van der Waals surface area contributed by atoms with Crippen LogP contribution in [0.4, 0.5) is 10.1 Å². The molecule has 3 aromatic rings. The molecule has 8 nitrogen and oxygen atoms in total. The zero-order valence-electron chi connectivity index (χ0n) is 15.4. The second kappa shape index (κ2) is 7.41. The maximum absolute atomic E-state index is 14.7. The van der Waals surface area contributed by atoms with Crippen LogP contribution in [0.25, 0.3) is 16.9 Å². The second-order valence-corrected chi connectivity index (χ2v) is 6.65. The molecule has 0 unspecified atom stereocenters. The van der Waals surface area contributed by atoms with Gasteiger partial charge in [-0.15, -0.1) is 0 Å². The Morgan fingerprint density at radius 2 is 2.07 bits per heavy atom. The lowest BCUT2D eigenvalue weighted by molar-refractivity contribution is 0.0526. The number of aromatic nitrogens is 4. The molecule has 1 fully saturated rings. The Kier molecular flexibility index (Phi) is 4.81. The van der Waals surface area contributed by atoms with E-state index in [1.807, 2.05) is 4.90 Å². The van der Waals surface area contributed by atoms with Gasteiger partial charge < -0.3 is 9.64 Å². The molecule has 0 atom stereocenters. The fourth-order valence-electron chi connectivity index (χ4n) is 3.38. The van der Waals surface area contributed by atoms with Crippen LogP contribution in [0.1, 0.15) is 36.5 Å². The molecule has 0 spiro atoms. The number of fused-ring (bicyclic) bond motifs is 1. The van der Waals surface area contributed by atoms with Gasteiger partial charge in [0.1, 0.15) is 5.82 Å². The highest BCUT2D eigenvalue weighted by atomic mass is 19.1. The number of carbonyl (C=O) groups is 1. The largest absolute Gasteiger partial charge is 0.462 e. The summed E-state index contributed by atoms with van der Waals surface area (Å²) in [5.41, 5.74) is 0.490. The van der Waals surface area contributed by atoms with E-state index < -0.39 is 17.3 Å². The first-order chi connectivity index (χ1) is 13.6. The molecule has 0 radical (unpaired) electrons. The third-order valence-electron chi connectivity index (χ3n) is 4.77. The molecule has 2 aromatic heterocycles. The summed E-state index contributed by atoms with van der Waals surface area (Å²) in [5, 5.41) is 4.34. The minimum Gasteiger partial charge on any atom is -0.462 e. The number of nitrogens with zero attached hydrogens (tertiary/aromatic N) is 4. The Morgan fingerprint density at radius 3 is 2.82 bits per heavy atom. The Bertz CT molecular complexity index is 1080. The molecule has 0 bridgehead atoms. The predicted molar refractivity (Wildman–Crippen MR) is 101 cm³/mol. The molecule has 4 rings (SSSR count). The zero-order valence-corrected chi connectivity index (χ0v) is 15.4. The van der Waals surface area contributed by atoms with Gasteiger partial charge in [0.05, 0.1) is 35.0 Å². The van der Waals surface area contributed by atoms with Crippen LogP contribution < -0.4 is 10.5 Å². The lowest BCUT2D eigenvalue weighted by Gasteiger charge is -2.29. The highest BCUT2D eigenvalue weighted by Crippen LogP contribution is 2.26. The van der Waals surface area contributed by atoms with E-state index >= 15 is 0 Å². The number of nitrogens with one attached hydrogen (secondary N) is 1. The summed E-state index contributed by atoms with van der Waals surface area (Å²) in [6.07, 6.45) is 5.87. The maximum Gasteiger partial charge on any atom is 0.341 e. The van der Waals surface area contributed by atoms with Crippen molar-refractivity contribution in [2.75, 3.05) is 24.6 Å². The van der Waals surface area contributed by atoms with E-state index in [9.17, 15) is 14.0 Å². The van der Waals surface area contributed by atoms with Gasteiger partial charge in [-0.1, -0.05) is 0 Å². The van der Waals surface area contributed by atoms with Crippen LogP contribution in [0.5, 0.6) is 0 Å². The van der Waals surface area contributed by atoms with Crippen LogP contribution in [-0.2, 0) is 4.74 Å². The number of ether oxygens (including phenoxy) is 1. The summed E-state index contributed by atoms with van der Waals surface area (Å²) in [5.74, 6) is -0.835. The molecule has 0 saturated carbocycles. The van der Waals surface area contributed by atoms with Gasteiger partial charge in [-0.3, -0.25) is 9.78 Å². The van der Waals surface area contributed by atoms with Gasteiger partial charge in [0, 0.05) is 25.4 Å². The number of anilines is 1. The van der Waals surface area contributed by atoms with E-state index in [1.54, 1.807) is 13.0 Å². The minimum absolute atomic E-state index is 0.0955. The van der Waals surface area contributed by atoms with Crippen LogP contribution in [0.3, 0.4) is 0 Å². The van der Waals surface area contributed by atoms with Gasteiger partial charge in [0.2, 0.25) is 5.95 Å². The molecular formula is C19H20FN5O3. The molecule has 1 aliphatic heterocycles. The Balaban J connectivity index is 1.73. The van der Waals surface area contributed by atoms with Gasteiger partial charge in [-0.05, 0) is 32.3 Å². The summed E-state index contributed by atoms with van der Waals surface area (Å²) in [6, 6.07) is 2.83. The number of halogens is 1. The van der Waals surface area contributed by atoms with Crippen molar-refractivity contribution in [2.45, 2.75) is 26.2 Å². The smallest absolute Gasteiger partial charge is 0.341 e. The van der Waals surface area contributed by atoms with Gasteiger partial charge in [-0.2, -0.15) is 5.10 Å². The molecule has 0 amide bonds. The number of hydrogen-bond acceptors (Lipinski definition) is 6. The first kappa shape index (κ1) is 18.1. The van der Waals surface area contributed by atoms with E-state index in [4.69, 9.17) is 4.74 Å². The maximum atomic E-state index is 14.7. The average molecular weight is 385 g/mol. The van der Waals surface area contributed by atoms with Crippen LogP contribution in [0.2, 0.25) is 0 Å². The van der Waals surface area contributed by atoms with Gasteiger partial charge >= 0.3 is 5.97 Å². The normalized spacial score (nSPS) is 14.4. The number of piperidine rings is 1. The highest BCUT2D eigenvalue weighted by Gasteiger charge is 2.18. The van der Waals surface area contributed by atoms with E-state index in [2.05, 4.69) is 15.1 Å². The quantitative estimate of drug-likeness (QED) is 0.694. The van der Waals surface area contributed by atoms with Crippen LogP contribution in [-0.4, -0.2) is 45.4 Å². The number of esters is 1. The number of carbonyl (C=O) groups excluding carboxylic acids is 1. The van der Waals surface area contributed by atoms with Crippen LogP contribution >= 0.6 is 0 Å². The molecule has 1 saturated heterocycles. The monoisotopic (exact) mass is 385 g/mol. The highest BCUT2D eigenvalue weighted by molar-refractivity contribution is 5.89. The lowest BCUT2D eigenvalue weighted by atomic mass is 10.1. The van der Waals surface area contributed by atoms with Crippen molar-refractivity contribution in [3.8, 4) is 5.95 Å². The average Bonchev–Trinajstić information content (AvgIpc) is 3.19. The van der Waals surface area contributed by atoms with E-state index in [0.717, 1.165) is 32.4 Å². The van der Waals surface area contributed by atoms with Gasteiger partial charge in [0.25, 0.3) is 5.56 Å². The molecule has 28 heavy (non-hydrogen) atoms. The number of hydrogen-bond donors (Lipinski definition) is 1. The van der Waals surface area contributed by atoms with Crippen molar-refractivity contribution >= 4 is 22.6 Å². The molecule has 3 heterocycles. The minimum atomic E-state index is -0.519. The molecule has 1 aromatic carbocycles. The summed E-state index contributed by atoms with van der Waals surface area (Å²) in [4.78, 5) is 33.3. The fraction of sp³-hybridized carbons (Fsp3) is 0.368. The third-order valence-corrected chi connectivity index (χ3v) is 4.77.